The summed E-state index contributed by atoms with van der Waals surface area (Å²) in [6.07, 6.45) is 3.95. The van der Waals surface area contributed by atoms with Crippen molar-refractivity contribution in [1.29, 1.82) is 0 Å². The third-order valence-corrected chi connectivity index (χ3v) is 7.10. The molecule has 144 valence electrons. The van der Waals surface area contributed by atoms with E-state index in [1.807, 2.05) is 54.8 Å². The Hall–Kier alpha value is -2.04. The molecule has 0 amide bonds. The maximum atomic E-state index is 13.4. The molecule has 1 nitrogen and oxygen atoms in total. The number of halogens is 2. The largest absolute Gasteiger partial charge is 0.289 e. The van der Waals surface area contributed by atoms with Crippen LogP contribution in [0.2, 0.25) is 10.0 Å². The predicted octanol–water partition coefficient (Wildman–Crippen LogP) is 8.35. The average Bonchev–Trinajstić information content (AvgIpc) is 3.16. The summed E-state index contributed by atoms with van der Waals surface area (Å²) in [6, 6.07) is 23.3. The van der Waals surface area contributed by atoms with E-state index in [-0.39, 0.29) is 5.78 Å². The SMILES string of the molecule is CSc1ccc(C(=O)/C(=C/c2cc3ccccc3s2)c2ccc(Cl)c(Cl)c2)cc1. The first-order chi connectivity index (χ1) is 14.0. The molecule has 0 bridgehead atoms. The van der Waals surface area contributed by atoms with E-state index in [9.17, 15) is 4.79 Å². The summed E-state index contributed by atoms with van der Waals surface area (Å²) in [4.78, 5) is 15.5. The molecule has 1 aromatic heterocycles. The van der Waals surface area contributed by atoms with Gasteiger partial charge in [-0.2, -0.15) is 0 Å². The predicted molar refractivity (Wildman–Crippen MR) is 129 cm³/mol. The summed E-state index contributed by atoms with van der Waals surface area (Å²) in [5.41, 5.74) is 1.98. The number of thiophene rings is 1. The quantitative estimate of drug-likeness (QED) is 0.171. The highest BCUT2D eigenvalue weighted by atomic mass is 35.5. The summed E-state index contributed by atoms with van der Waals surface area (Å²) in [6.45, 7) is 0. The Morgan fingerprint density at radius 2 is 1.62 bits per heavy atom. The van der Waals surface area contributed by atoms with Gasteiger partial charge in [0, 0.05) is 25.6 Å². The summed E-state index contributed by atoms with van der Waals surface area (Å²) in [5, 5.41) is 2.05. The van der Waals surface area contributed by atoms with Crippen LogP contribution in [0.3, 0.4) is 0 Å². The Bertz CT molecular complexity index is 1190. The van der Waals surface area contributed by atoms with Crippen molar-refractivity contribution in [1.82, 2.24) is 0 Å². The van der Waals surface area contributed by atoms with Gasteiger partial charge in [-0.3, -0.25) is 4.79 Å². The van der Waals surface area contributed by atoms with Crippen LogP contribution < -0.4 is 0 Å². The zero-order valence-electron chi connectivity index (χ0n) is 15.5. The Balaban J connectivity index is 1.83. The van der Waals surface area contributed by atoms with E-state index >= 15 is 0 Å². The molecule has 0 unspecified atom stereocenters. The highest BCUT2D eigenvalue weighted by Gasteiger charge is 2.16. The highest BCUT2D eigenvalue weighted by Crippen LogP contribution is 2.33. The number of benzene rings is 3. The molecule has 0 radical (unpaired) electrons. The maximum Gasteiger partial charge on any atom is 0.193 e. The maximum absolute atomic E-state index is 13.4. The molecule has 5 heteroatoms. The number of rotatable bonds is 5. The Kier molecular flexibility index (Phi) is 6.12. The number of ketones is 1. The van der Waals surface area contributed by atoms with Crippen molar-refractivity contribution in [2.24, 2.45) is 0 Å². The lowest BCUT2D eigenvalue weighted by atomic mass is 9.96. The molecule has 1 heterocycles. The summed E-state index contributed by atoms with van der Waals surface area (Å²) < 4.78 is 1.18. The number of allylic oxidation sites excluding steroid dienone is 1. The van der Waals surface area contributed by atoms with E-state index in [1.165, 1.54) is 4.70 Å². The fraction of sp³-hybridized carbons (Fsp3) is 0.0417. The van der Waals surface area contributed by atoms with Crippen LogP contribution in [-0.2, 0) is 0 Å². The molecule has 0 fully saturated rings. The van der Waals surface area contributed by atoms with Crippen molar-refractivity contribution in [3.63, 3.8) is 0 Å². The minimum Gasteiger partial charge on any atom is -0.289 e. The standard InChI is InChI=1S/C24H16Cl2OS2/c1-28-18-9-6-15(7-10-18)24(27)20(16-8-11-21(25)22(26)13-16)14-19-12-17-4-2-3-5-23(17)29-19/h2-14H,1H3/b20-14+. The van der Waals surface area contributed by atoms with Gasteiger partial charge in [-0.25, -0.2) is 0 Å². The molecule has 0 aliphatic carbocycles. The molecule has 0 saturated heterocycles. The van der Waals surface area contributed by atoms with Gasteiger partial charge in [0.15, 0.2) is 5.78 Å². The summed E-state index contributed by atoms with van der Waals surface area (Å²) in [5.74, 6) is -0.0477. The van der Waals surface area contributed by atoms with Crippen molar-refractivity contribution in [3.05, 3.63) is 98.8 Å². The minimum atomic E-state index is -0.0477. The topological polar surface area (TPSA) is 17.1 Å². The summed E-state index contributed by atoms with van der Waals surface area (Å²) in [7, 11) is 0. The highest BCUT2D eigenvalue weighted by molar-refractivity contribution is 7.98. The van der Waals surface area contributed by atoms with Crippen LogP contribution in [0.4, 0.5) is 0 Å². The molecular formula is C24H16Cl2OS2. The Morgan fingerprint density at radius 1 is 0.897 bits per heavy atom. The first-order valence-corrected chi connectivity index (χ1v) is 11.7. The van der Waals surface area contributed by atoms with E-state index in [1.54, 1.807) is 35.2 Å². The zero-order chi connectivity index (χ0) is 20.4. The second kappa shape index (κ2) is 8.76. The lowest BCUT2D eigenvalue weighted by molar-refractivity contribution is 0.105. The number of Topliss-reactive ketones (excluding diaryl/α,β-unsaturated/α-hetero) is 1. The lowest BCUT2D eigenvalue weighted by Gasteiger charge is -2.09. The van der Waals surface area contributed by atoms with Crippen LogP contribution in [0, 0.1) is 0 Å². The number of carbonyl (C=O) groups is 1. The van der Waals surface area contributed by atoms with E-state index in [2.05, 4.69) is 18.2 Å². The Labute approximate surface area is 188 Å². The Morgan fingerprint density at radius 3 is 2.31 bits per heavy atom. The van der Waals surface area contributed by atoms with Gasteiger partial charge in [0.1, 0.15) is 0 Å². The smallest absolute Gasteiger partial charge is 0.193 e. The van der Waals surface area contributed by atoms with E-state index < -0.39 is 0 Å². The second-order valence-electron chi connectivity index (χ2n) is 6.43. The molecule has 0 aliphatic heterocycles. The number of hydrogen-bond donors (Lipinski definition) is 0. The normalized spacial score (nSPS) is 11.8. The van der Waals surface area contributed by atoms with Crippen LogP contribution in [0.1, 0.15) is 20.8 Å². The fourth-order valence-corrected chi connectivity index (χ4v) is 4.77. The fourth-order valence-electron chi connectivity index (χ4n) is 3.06. The molecule has 3 aromatic carbocycles. The second-order valence-corrected chi connectivity index (χ2v) is 9.24. The summed E-state index contributed by atoms with van der Waals surface area (Å²) >= 11 is 15.6. The first kappa shape index (κ1) is 20.2. The van der Waals surface area contributed by atoms with Crippen LogP contribution in [0.5, 0.6) is 0 Å². The molecule has 0 spiro atoms. The van der Waals surface area contributed by atoms with Crippen LogP contribution in [0.15, 0.2) is 77.7 Å². The first-order valence-electron chi connectivity index (χ1n) is 8.89. The number of fused-ring (bicyclic) bond motifs is 1. The molecule has 0 atom stereocenters. The third kappa shape index (κ3) is 4.44. The van der Waals surface area contributed by atoms with Gasteiger partial charge in [0.05, 0.1) is 10.0 Å². The van der Waals surface area contributed by atoms with Gasteiger partial charge >= 0.3 is 0 Å². The average molecular weight is 455 g/mol. The monoisotopic (exact) mass is 454 g/mol. The van der Waals surface area contributed by atoms with Gasteiger partial charge in [0.25, 0.3) is 0 Å². The van der Waals surface area contributed by atoms with E-state index in [0.717, 1.165) is 20.7 Å². The lowest BCUT2D eigenvalue weighted by Crippen LogP contribution is -2.03. The van der Waals surface area contributed by atoms with Gasteiger partial charge < -0.3 is 0 Å². The number of thioether (sulfide) groups is 1. The number of carbonyl (C=O) groups excluding carboxylic acids is 1. The molecule has 0 saturated carbocycles. The zero-order valence-corrected chi connectivity index (χ0v) is 18.6. The van der Waals surface area contributed by atoms with E-state index in [4.69, 9.17) is 23.2 Å². The molecular weight excluding hydrogens is 439 g/mol. The van der Waals surface area contributed by atoms with Crippen molar-refractivity contribution in [2.75, 3.05) is 6.26 Å². The minimum absolute atomic E-state index is 0.0477. The van der Waals surface area contributed by atoms with Gasteiger partial charge in [-0.1, -0.05) is 47.5 Å². The molecule has 4 aromatic rings. The van der Waals surface area contributed by atoms with Gasteiger partial charge in [-0.05, 0) is 71.8 Å². The van der Waals surface area contributed by atoms with Gasteiger partial charge in [0.2, 0.25) is 0 Å². The molecule has 29 heavy (non-hydrogen) atoms. The van der Waals surface area contributed by atoms with Crippen LogP contribution >= 0.6 is 46.3 Å². The molecule has 0 aliphatic rings. The van der Waals surface area contributed by atoms with Crippen LogP contribution in [-0.4, -0.2) is 12.0 Å². The van der Waals surface area contributed by atoms with Crippen molar-refractivity contribution >= 4 is 73.8 Å². The van der Waals surface area contributed by atoms with Crippen molar-refractivity contribution in [3.8, 4) is 0 Å². The molecule has 0 N–H and O–H groups in total. The van der Waals surface area contributed by atoms with Crippen LogP contribution in [0.25, 0.3) is 21.7 Å². The van der Waals surface area contributed by atoms with Crippen molar-refractivity contribution < 1.29 is 4.79 Å². The van der Waals surface area contributed by atoms with Gasteiger partial charge in [-0.15, -0.1) is 23.1 Å². The number of hydrogen-bond acceptors (Lipinski definition) is 3. The van der Waals surface area contributed by atoms with E-state index in [0.29, 0.717) is 21.2 Å². The third-order valence-electron chi connectivity index (χ3n) is 4.56. The molecule has 4 rings (SSSR count). The van der Waals surface area contributed by atoms with Crippen molar-refractivity contribution in [2.45, 2.75) is 4.90 Å².